The molecule has 9 heteroatoms. The van der Waals surface area contributed by atoms with E-state index in [0.29, 0.717) is 27.8 Å². The summed E-state index contributed by atoms with van der Waals surface area (Å²) in [5.74, 6) is -0.891. The van der Waals surface area contributed by atoms with Gasteiger partial charge in [0.2, 0.25) is 0 Å². The Balaban J connectivity index is 1.60. The Morgan fingerprint density at radius 2 is 1.84 bits per heavy atom. The topological polar surface area (TPSA) is 88.9 Å². The van der Waals surface area contributed by atoms with Gasteiger partial charge in [-0.05, 0) is 67.6 Å². The Bertz CT molecular complexity index is 1250. The minimum Gasteiger partial charge on any atom is -0.462 e. The molecule has 7 nitrogen and oxygen atoms in total. The van der Waals surface area contributed by atoms with E-state index in [0.717, 1.165) is 5.01 Å². The zero-order chi connectivity index (χ0) is 22.8. The molecule has 162 valence electrons. The van der Waals surface area contributed by atoms with Crippen molar-refractivity contribution in [3.8, 4) is 11.3 Å². The lowest BCUT2D eigenvalue weighted by atomic mass is 10.1. The smallest absolute Gasteiger partial charge is 0.339 e. The van der Waals surface area contributed by atoms with Gasteiger partial charge in [0.25, 0.3) is 11.8 Å². The second-order valence-electron chi connectivity index (χ2n) is 6.73. The number of benzene rings is 2. The monoisotopic (exact) mass is 470 g/mol. The van der Waals surface area contributed by atoms with Crippen molar-refractivity contribution in [2.24, 2.45) is 0 Å². The van der Waals surface area contributed by atoms with Crippen LogP contribution in [0.3, 0.4) is 0 Å². The highest BCUT2D eigenvalue weighted by Gasteiger charge is 2.34. The van der Waals surface area contributed by atoms with Crippen LogP contribution in [0.5, 0.6) is 0 Å². The molecule has 0 bridgehead atoms. The van der Waals surface area contributed by atoms with E-state index in [1.807, 2.05) is 0 Å². The fourth-order valence-electron chi connectivity index (χ4n) is 3.10. The summed E-state index contributed by atoms with van der Waals surface area (Å²) in [5.41, 5.74) is 3.71. The lowest BCUT2D eigenvalue weighted by Gasteiger charge is -2.14. The first-order valence-corrected chi connectivity index (χ1v) is 10.3. The standard InChI is InChI=1S/C23H16Cl2N2O5/c1-2-31-23(30)17-11-13(3-9-19(17)25)20-10-8-16(32-20)12-18-21(28)26-27(22(18)29)15-6-4-14(24)5-7-15/h3-12H,2H2,1H3,(H,26,28)/b18-12+. The van der Waals surface area contributed by atoms with Gasteiger partial charge in [0.15, 0.2) is 0 Å². The number of carbonyl (C=O) groups excluding carboxylic acids is 3. The Morgan fingerprint density at radius 3 is 2.56 bits per heavy atom. The van der Waals surface area contributed by atoms with Gasteiger partial charge >= 0.3 is 5.97 Å². The molecule has 0 radical (unpaired) electrons. The lowest BCUT2D eigenvalue weighted by Crippen LogP contribution is -2.35. The molecule has 0 unspecified atom stereocenters. The minimum atomic E-state index is -0.556. The fourth-order valence-corrected chi connectivity index (χ4v) is 3.42. The van der Waals surface area contributed by atoms with Gasteiger partial charge in [0, 0.05) is 10.6 Å². The highest BCUT2D eigenvalue weighted by molar-refractivity contribution is 6.34. The van der Waals surface area contributed by atoms with Crippen molar-refractivity contribution in [1.82, 2.24) is 5.43 Å². The summed E-state index contributed by atoms with van der Waals surface area (Å²) in [5, 5.41) is 1.91. The summed E-state index contributed by atoms with van der Waals surface area (Å²) in [6.45, 7) is 1.93. The third kappa shape index (κ3) is 4.26. The predicted molar refractivity (Wildman–Crippen MR) is 120 cm³/mol. The number of nitrogens with zero attached hydrogens (tertiary/aromatic N) is 1. The van der Waals surface area contributed by atoms with Gasteiger partial charge in [0.1, 0.15) is 17.1 Å². The van der Waals surface area contributed by atoms with Crippen LogP contribution in [0.4, 0.5) is 5.69 Å². The second-order valence-corrected chi connectivity index (χ2v) is 7.58. The number of hydrogen-bond acceptors (Lipinski definition) is 5. The molecular formula is C23H16Cl2N2O5. The van der Waals surface area contributed by atoms with Gasteiger partial charge in [-0.3, -0.25) is 15.0 Å². The number of amides is 2. The van der Waals surface area contributed by atoms with E-state index in [4.69, 9.17) is 32.4 Å². The summed E-state index contributed by atoms with van der Waals surface area (Å²) in [6.07, 6.45) is 1.36. The summed E-state index contributed by atoms with van der Waals surface area (Å²) in [6, 6.07) is 14.6. The minimum absolute atomic E-state index is 0.0795. The third-order valence-corrected chi connectivity index (χ3v) is 5.22. The van der Waals surface area contributed by atoms with E-state index in [1.165, 1.54) is 6.08 Å². The third-order valence-electron chi connectivity index (χ3n) is 4.64. The van der Waals surface area contributed by atoms with Gasteiger partial charge in [0.05, 0.1) is 22.9 Å². The van der Waals surface area contributed by atoms with Gasteiger partial charge in [-0.25, -0.2) is 9.80 Å². The van der Waals surface area contributed by atoms with E-state index < -0.39 is 17.8 Å². The number of hydrogen-bond donors (Lipinski definition) is 1. The number of anilines is 1. The summed E-state index contributed by atoms with van der Waals surface area (Å²) in [7, 11) is 0. The molecule has 2 heterocycles. The largest absolute Gasteiger partial charge is 0.462 e. The van der Waals surface area contributed by atoms with Gasteiger partial charge in [-0.1, -0.05) is 23.2 Å². The second kappa shape index (κ2) is 8.90. The molecule has 2 amide bonds. The zero-order valence-electron chi connectivity index (χ0n) is 16.7. The van der Waals surface area contributed by atoms with Gasteiger partial charge in [-0.2, -0.15) is 0 Å². The van der Waals surface area contributed by atoms with Crippen LogP contribution < -0.4 is 10.4 Å². The average molecular weight is 471 g/mol. The average Bonchev–Trinajstić information content (AvgIpc) is 3.35. The number of hydrazine groups is 1. The SMILES string of the molecule is CCOC(=O)c1cc(-c2ccc(/C=C3\C(=O)NN(c4ccc(Cl)cc4)C3=O)o2)ccc1Cl. The van der Waals surface area contributed by atoms with E-state index in [9.17, 15) is 14.4 Å². The van der Waals surface area contributed by atoms with Crippen LogP contribution in [-0.4, -0.2) is 24.4 Å². The molecule has 0 spiro atoms. The fraction of sp³-hybridized carbons (Fsp3) is 0.0870. The van der Waals surface area contributed by atoms with Gasteiger partial charge < -0.3 is 9.15 Å². The van der Waals surface area contributed by atoms with Crippen molar-refractivity contribution < 1.29 is 23.5 Å². The lowest BCUT2D eigenvalue weighted by molar-refractivity contribution is -0.117. The van der Waals surface area contributed by atoms with Crippen LogP contribution in [0, 0.1) is 0 Å². The van der Waals surface area contributed by atoms with Gasteiger partial charge in [-0.15, -0.1) is 0 Å². The van der Waals surface area contributed by atoms with Crippen LogP contribution in [0.15, 0.2) is 64.6 Å². The number of nitrogens with one attached hydrogen (secondary N) is 1. The quantitative estimate of drug-likeness (QED) is 0.325. The predicted octanol–water partition coefficient (Wildman–Crippen LogP) is 4.89. The molecule has 0 saturated carbocycles. The Morgan fingerprint density at radius 1 is 1.09 bits per heavy atom. The number of furan rings is 1. The number of rotatable bonds is 5. The number of esters is 1. The van der Waals surface area contributed by atoms with E-state index in [1.54, 1.807) is 61.5 Å². The molecular weight excluding hydrogens is 455 g/mol. The highest BCUT2D eigenvalue weighted by atomic mass is 35.5. The van der Waals surface area contributed by atoms with Crippen molar-refractivity contribution >= 4 is 52.7 Å². The van der Waals surface area contributed by atoms with Crippen LogP contribution >= 0.6 is 23.2 Å². The van der Waals surface area contributed by atoms with Crippen molar-refractivity contribution in [3.05, 3.63) is 81.5 Å². The van der Waals surface area contributed by atoms with Crippen LogP contribution in [0.2, 0.25) is 10.0 Å². The molecule has 0 aliphatic carbocycles. The van der Waals surface area contributed by atoms with E-state index in [2.05, 4.69) is 5.43 Å². The first-order valence-electron chi connectivity index (χ1n) is 9.57. The molecule has 1 fully saturated rings. The molecule has 1 saturated heterocycles. The maximum absolute atomic E-state index is 12.7. The first-order chi connectivity index (χ1) is 15.4. The van der Waals surface area contributed by atoms with Crippen molar-refractivity contribution in [2.45, 2.75) is 6.92 Å². The maximum Gasteiger partial charge on any atom is 0.339 e. The molecule has 1 aromatic heterocycles. The highest BCUT2D eigenvalue weighted by Crippen LogP contribution is 2.29. The Hall–Kier alpha value is -3.55. The first kappa shape index (κ1) is 21.7. The molecule has 3 aromatic rings. The number of halogens is 2. The molecule has 4 rings (SSSR count). The Labute approximate surface area is 193 Å². The maximum atomic E-state index is 12.7. The number of ether oxygens (including phenoxy) is 1. The summed E-state index contributed by atoms with van der Waals surface area (Å²) < 4.78 is 10.8. The normalized spacial score (nSPS) is 14.7. The molecule has 1 aliphatic rings. The molecule has 1 aliphatic heterocycles. The van der Waals surface area contributed by atoms with E-state index in [-0.39, 0.29) is 22.8 Å². The zero-order valence-corrected chi connectivity index (χ0v) is 18.2. The molecule has 2 aromatic carbocycles. The molecule has 32 heavy (non-hydrogen) atoms. The number of carbonyl (C=O) groups is 3. The van der Waals surface area contributed by atoms with Crippen molar-refractivity contribution in [2.75, 3.05) is 11.6 Å². The summed E-state index contributed by atoms with van der Waals surface area (Å²) >= 11 is 12.0. The van der Waals surface area contributed by atoms with E-state index >= 15 is 0 Å². The van der Waals surface area contributed by atoms with Crippen molar-refractivity contribution in [3.63, 3.8) is 0 Å². The molecule has 1 N–H and O–H groups in total. The molecule has 0 atom stereocenters. The van der Waals surface area contributed by atoms with Crippen LogP contribution in [0.25, 0.3) is 17.4 Å². The van der Waals surface area contributed by atoms with Crippen LogP contribution in [-0.2, 0) is 14.3 Å². The Kier molecular flexibility index (Phi) is 6.03. The van der Waals surface area contributed by atoms with Crippen LogP contribution in [0.1, 0.15) is 23.0 Å². The summed E-state index contributed by atoms with van der Waals surface area (Å²) in [4.78, 5) is 37.2. The van der Waals surface area contributed by atoms with Crippen molar-refractivity contribution in [1.29, 1.82) is 0 Å².